The number of ether oxygens (including phenoxy) is 1. The number of sulfonamides is 1. The average Bonchev–Trinajstić information content (AvgIpc) is 2.92. The van der Waals surface area contributed by atoms with Crippen LogP contribution in [-0.2, 0) is 16.6 Å². The normalized spacial score (nSPS) is 11.4. The maximum absolute atomic E-state index is 13.0. The van der Waals surface area contributed by atoms with Crippen LogP contribution in [0.1, 0.15) is 5.56 Å². The van der Waals surface area contributed by atoms with Gasteiger partial charge in [0, 0.05) is 23.2 Å². The van der Waals surface area contributed by atoms with Crippen LogP contribution in [0.5, 0.6) is 5.75 Å². The highest BCUT2D eigenvalue weighted by Crippen LogP contribution is 2.28. The predicted molar refractivity (Wildman–Crippen MR) is 147 cm³/mol. The van der Waals surface area contributed by atoms with Crippen LogP contribution in [0.3, 0.4) is 0 Å². The van der Waals surface area contributed by atoms with Gasteiger partial charge in [0.2, 0.25) is 10.0 Å². The van der Waals surface area contributed by atoms with Gasteiger partial charge in [-0.05, 0) is 48.0 Å². The zero-order valence-corrected chi connectivity index (χ0v) is 21.4. The summed E-state index contributed by atoms with van der Waals surface area (Å²) >= 11 is 6.17. The third-order valence-corrected chi connectivity index (χ3v) is 7.42. The highest BCUT2D eigenvalue weighted by atomic mass is 35.5. The summed E-state index contributed by atoms with van der Waals surface area (Å²) in [4.78, 5) is 9.57. The summed E-state index contributed by atoms with van der Waals surface area (Å²) in [5.74, 6) is 1.69. The Labute approximate surface area is 220 Å². The maximum Gasteiger partial charge on any atom is 0.240 e. The molecule has 0 saturated carbocycles. The van der Waals surface area contributed by atoms with Crippen LogP contribution in [0, 0.1) is 0 Å². The van der Waals surface area contributed by atoms with Gasteiger partial charge in [0.25, 0.3) is 0 Å². The average molecular weight is 531 g/mol. The molecule has 0 amide bonds. The number of benzene rings is 4. The first-order chi connectivity index (χ1) is 17.9. The zero-order valence-electron chi connectivity index (χ0n) is 19.9. The minimum Gasteiger partial charge on any atom is -0.495 e. The van der Waals surface area contributed by atoms with Crippen molar-refractivity contribution in [3.8, 4) is 17.1 Å². The number of anilines is 2. The fraction of sp³-hybridized carbons (Fsp3) is 0.0714. The van der Waals surface area contributed by atoms with Crippen LogP contribution < -0.4 is 14.8 Å². The lowest BCUT2D eigenvalue weighted by Crippen LogP contribution is -2.23. The Hall–Kier alpha value is -3.98. The zero-order chi connectivity index (χ0) is 25.8. The van der Waals surface area contributed by atoms with E-state index >= 15 is 0 Å². The summed E-state index contributed by atoms with van der Waals surface area (Å²) in [7, 11) is -2.27. The summed E-state index contributed by atoms with van der Waals surface area (Å²) in [6.45, 7) is 0.0840. The van der Waals surface area contributed by atoms with E-state index in [9.17, 15) is 8.42 Å². The van der Waals surface area contributed by atoms with Gasteiger partial charge in [0.1, 0.15) is 11.6 Å². The number of methoxy groups -OCH3 is 1. The number of hydrogen-bond donors (Lipinski definition) is 2. The first-order valence-corrected chi connectivity index (χ1v) is 13.3. The monoisotopic (exact) mass is 530 g/mol. The van der Waals surface area contributed by atoms with E-state index in [2.05, 4.69) is 10.0 Å². The summed E-state index contributed by atoms with van der Waals surface area (Å²) in [5, 5.41) is 4.53. The van der Waals surface area contributed by atoms with E-state index in [1.807, 2.05) is 54.6 Å². The summed E-state index contributed by atoms with van der Waals surface area (Å²) in [6.07, 6.45) is 0. The maximum atomic E-state index is 13.0. The molecule has 5 aromatic rings. The molecular formula is C28H23ClN4O3S. The summed E-state index contributed by atoms with van der Waals surface area (Å²) < 4.78 is 33.9. The minimum absolute atomic E-state index is 0.0840. The Bertz CT molecular complexity index is 1680. The fourth-order valence-electron chi connectivity index (χ4n) is 3.85. The second kappa shape index (κ2) is 10.6. The van der Waals surface area contributed by atoms with Gasteiger partial charge in [0.15, 0.2) is 5.82 Å². The van der Waals surface area contributed by atoms with Gasteiger partial charge >= 0.3 is 0 Å². The molecule has 7 nitrogen and oxygen atoms in total. The van der Waals surface area contributed by atoms with Crippen molar-refractivity contribution < 1.29 is 13.2 Å². The molecule has 0 aliphatic carbocycles. The SMILES string of the molecule is COc1ccc(CNS(=O)(=O)c2cccc(Nc3nc(-c4ccccc4)nc4ccccc34)c2)cc1Cl. The van der Waals surface area contributed by atoms with Crippen molar-refractivity contribution >= 4 is 44.0 Å². The van der Waals surface area contributed by atoms with Gasteiger partial charge in [-0.2, -0.15) is 0 Å². The van der Waals surface area contributed by atoms with Crippen molar-refractivity contribution in [3.63, 3.8) is 0 Å². The molecule has 0 fully saturated rings. The van der Waals surface area contributed by atoms with Crippen LogP contribution in [0.2, 0.25) is 5.02 Å². The minimum atomic E-state index is -3.79. The summed E-state index contributed by atoms with van der Waals surface area (Å²) in [6, 6.07) is 29.1. The molecule has 0 saturated heterocycles. The molecular weight excluding hydrogens is 508 g/mol. The number of halogens is 1. The molecule has 2 N–H and O–H groups in total. The molecule has 5 rings (SSSR count). The van der Waals surface area contributed by atoms with Crippen molar-refractivity contribution in [3.05, 3.63) is 108 Å². The largest absolute Gasteiger partial charge is 0.495 e. The lowest BCUT2D eigenvalue weighted by molar-refractivity contribution is 0.415. The number of hydrogen-bond acceptors (Lipinski definition) is 6. The van der Waals surface area contributed by atoms with E-state index in [0.29, 0.717) is 33.7 Å². The first kappa shape index (κ1) is 24.7. The highest BCUT2D eigenvalue weighted by Gasteiger charge is 2.16. The molecule has 0 aliphatic rings. The Morgan fingerprint density at radius 2 is 1.65 bits per heavy atom. The van der Waals surface area contributed by atoms with Gasteiger partial charge < -0.3 is 10.1 Å². The lowest BCUT2D eigenvalue weighted by Gasteiger charge is -2.13. The molecule has 0 radical (unpaired) electrons. The van der Waals surface area contributed by atoms with Crippen molar-refractivity contribution in [2.75, 3.05) is 12.4 Å². The van der Waals surface area contributed by atoms with E-state index in [-0.39, 0.29) is 11.4 Å². The summed E-state index contributed by atoms with van der Waals surface area (Å²) in [5.41, 5.74) is 2.96. The van der Waals surface area contributed by atoms with E-state index in [4.69, 9.17) is 26.3 Å². The van der Waals surface area contributed by atoms with Crippen molar-refractivity contribution in [1.82, 2.24) is 14.7 Å². The fourth-order valence-corrected chi connectivity index (χ4v) is 5.19. The Kier molecular flexibility index (Phi) is 7.05. The smallest absolute Gasteiger partial charge is 0.240 e. The quantitative estimate of drug-likeness (QED) is 0.249. The van der Waals surface area contributed by atoms with Crippen LogP contribution in [0.4, 0.5) is 11.5 Å². The van der Waals surface area contributed by atoms with Crippen molar-refractivity contribution in [1.29, 1.82) is 0 Å². The third-order valence-electron chi connectivity index (χ3n) is 5.72. The van der Waals surface area contributed by atoms with Gasteiger partial charge in [-0.25, -0.2) is 23.1 Å². The van der Waals surface area contributed by atoms with E-state index in [1.165, 1.54) is 7.11 Å². The van der Waals surface area contributed by atoms with Crippen molar-refractivity contribution in [2.45, 2.75) is 11.4 Å². The van der Waals surface area contributed by atoms with Gasteiger partial charge in [0.05, 0.1) is 22.5 Å². The molecule has 0 bridgehead atoms. The third kappa shape index (κ3) is 5.56. The number of rotatable bonds is 8. The molecule has 1 heterocycles. The number of fused-ring (bicyclic) bond motifs is 1. The van der Waals surface area contributed by atoms with Crippen LogP contribution in [0.15, 0.2) is 102 Å². The standard InChI is InChI=1S/C28H23ClN4O3S/c1-36-26-15-14-19(16-24(26)29)18-30-37(34,35)22-11-7-10-21(17-22)31-28-23-12-5-6-13-25(23)32-27(33-28)20-8-3-2-4-9-20/h2-17,30H,18H2,1H3,(H,31,32,33). The van der Waals surface area contributed by atoms with Gasteiger partial charge in [-0.15, -0.1) is 0 Å². The molecule has 0 spiro atoms. The van der Waals surface area contributed by atoms with E-state index in [1.54, 1.807) is 42.5 Å². The number of nitrogens with zero attached hydrogens (tertiary/aromatic N) is 2. The van der Waals surface area contributed by atoms with Gasteiger partial charge in [-0.3, -0.25) is 0 Å². The molecule has 1 aromatic heterocycles. The molecule has 4 aromatic carbocycles. The topological polar surface area (TPSA) is 93.2 Å². The molecule has 0 aliphatic heterocycles. The van der Waals surface area contributed by atoms with Crippen LogP contribution in [-0.4, -0.2) is 25.5 Å². The molecule has 0 atom stereocenters. The molecule has 37 heavy (non-hydrogen) atoms. The molecule has 0 unspecified atom stereocenters. The second-order valence-corrected chi connectivity index (χ2v) is 10.4. The molecule has 9 heteroatoms. The Morgan fingerprint density at radius 1 is 0.865 bits per heavy atom. The predicted octanol–water partition coefficient (Wildman–Crippen LogP) is 6.18. The highest BCUT2D eigenvalue weighted by molar-refractivity contribution is 7.89. The lowest BCUT2D eigenvalue weighted by atomic mass is 10.2. The van der Waals surface area contributed by atoms with Crippen LogP contribution in [0.25, 0.3) is 22.3 Å². The van der Waals surface area contributed by atoms with Crippen LogP contribution >= 0.6 is 11.6 Å². The number of aromatic nitrogens is 2. The van der Waals surface area contributed by atoms with E-state index in [0.717, 1.165) is 16.5 Å². The second-order valence-electron chi connectivity index (χ2n) is 8.23. The first-order valence-electron chi connectivity index (χ1n) is 11.4. The molecule has 186 valence electrons. The van der Waals surface area contributed by atoms with Crippen molar-refractivity contribution in [2.24, 2.45) is 0 Å². The number of nitrogens with one attached hydrogen (secondary N) is 2. The van der Waals surface area contributed by atoms with E-state index < -0.39 is 10.0 Å². The van der Waals surface area contributed by atoms with Gasteiger partial charge in [-0.1, -0.05) is 66.2 Å². The Balaban J connectivity index is 1.42. The number of para-hydroxylation sites is 1. The Morgan fingerprint density at radius 3 is 2.43 bits per heavy atom.